The number of amides is 1. The summed E-state index contributed by atoms with van der Waals surface area (Å²) in [6, 6.07) is 4.31. The summed E-state index contributed by atoms with van der Waals surface area (Å²) in [5, 5.41) is 11.9. The first-order valence-electron chi connectivity index (χ1n) is 7.25. The number of carbonyl (C=O) groups excluding carboxylic acids is 1. The van der Waals surface area contributed by atoms with Gasteiger partial charge in [-0.3, -0.25) is 9.79 Å². The van der Waals surface area contributed by atoms with E-state index in [0.717, 1.165) is 25.1 Å². The third-order valence-corrected chi connectivity index (χ3v) is 6.90. The number of hydrogen-bond acceptors (Lipinski definition) is 7. The predicted molar refractivity (Wildman–Crippen MR) is 99.7 cm³/mol. The van der Waals surface area contributed by atoms with Crippen molar-refractivity contribution in [3.8, 4) is 0 Å². The van der Waals surface area contributed by atoms with E-state index in [9.17, 15) is 18.3 Å². The molecule has 0 bridgehead atoms. The van der Waals surface area contributed by atoms with Crippen molar-refractivity contribution in [2.24, 2.45) is 4.99 Å². The van der Waals surface area contributed by atoms with Gasteiger partial charge >= 0.3 is 0 Å². The van der Waals surface area contributed by atoms with E-state index >= 15 is 0 Å². The molecule has 2 aliphatic rings. The van der Waals surface area contributed by atoms with Gasteiger partial charge < -0.3 is 10.0 Å². The lowest BCUT2D eigenvalue weighted by molar-refractivity contribution is -0.117. The van der Waals surface area contributed by atoms with Gasteiger partial charge in [0.15, 0.2) is 10.9 Å². The maximum atomic E-state index is 12.3. The van der Waals surface area contributed by atoms with Crippen LogP contribution in [-0.4, -0.2) is 48.3 Å². The highest BCUT2D eigenvalue weighted by molar-refractivity contribution is 8.14. The van der Waals surface area contributed by atoms with Gasteiger partial charge in [-0.1, -0.05) is 29.4 Å². The predicted octanol–water partition coefficient (Wildman–Crippen LogP) is 1.54. The number of carbonyl (C=O) groups is 1. The van der Waals surface area contributed by atoms with Crippen LogP contribution in [0.1, 0.15) is 18.9 Å². The molecular formula is C14H17Cl2N3O4S2. The molecule has 2 heterocycles. The third kappa shape index (κ3) is 3.75. The number of sulfonamides is 1. The lowest BCUT2D eigenvalue weighted by atomic mass is 10.0. The summed E-state index contributed by atoms with van der Waals surface area (Å²) < 4.78 is 26.4. The van der Waals surface area contributed by atoms with E-state index in [1.807, 2.05) is 4.72 Å². The Balaban J connectivity index is 0.00000225. The molecule has 0 spiro atoms. The number of nitrogens with zero attached hydrogens (tertiary/aromatic N) is 2. The van der Waals surface area contributed by atoms with Crippen molar-refractivity contribution < 1.29 is 18.3 Å². The molecule has 138 valence electrons. The molecule has 2 N–H and O–H groups in total. The summed E-state index contributed by atoms with van der Waals surface area (Å²) in [4.78, 5) is 17.0. The lowest BCUT2D eigenvalue weighted by Crippen LogP contribution is -2.47. The van der Waals surface area contributed by atoms with Crippen molar-refractivity contribution in [3.63, 3.8) is 0 Å². The Morgan fingerprint density at radius 1 is 1.48 bits per heavy atom. The minimum absolute atomic E-state index is 0. The molecule has 25 heavy (non-hydrogen) atoms. The fourth-order valence-corrected chi connectivity index (χ4v) is 5.49. The zero-order valence-electron chi connectivity index (χ0n) is 13.2. The second kappa shape index (κ2) is 7.32. The Morgan fingerprint density at radius 2 is 2.20 bits per heavy atom. The average molecular weight is 426 g/mol. The largest absolute Gasteiger partial charge is 0.366 e. The molecule has 1 aromatic rings. The maximum absolute atomic E-state index is 12.3. The van der Waals surface area contributed by atoms with Gasteiger partial charge in [-0.15, -0.1) is 12.4 Å². The van der Waals surface area contributed by atoms with Crippen LogP contribution in [0.15, 0.2) is 28.1 Å². The number of nitrogens with one attached hydrogen (secondary N) is 1. The number of halogens is 2. The number of rotatable bonds is 3. The van der Waals surface area contributed by atoms with Crippen LogP contribution in [0.25, 0.3) is 0 Å². The van der Waals surface area contributed by atoms with Crippen molar-refractivity contribution in [2.75, 3.05) is 18.8 Å². The van der Waals surface area contributed by atoms with Crippen LogP contribution < -0.4 is 4.72 Å². The Kier molecular flexibility index (Phi) is 5.95. The van der Waals surface area contributed by atoms with E-state index in [1.54, 1.807) is 11.0 Å². The van der Waals surface area contributed by atoms with E-state index in [4.69, 9.17) is 11.6 Å². The summed E-state index contributed by atoms with van der Waals surface area (Å²) >= 11 is 7.43. The Bertz CT molecular complexity index is 831. The molecule has 1 unspecified atom stereocenters. The number of aliphatic hydroxyl groups is 1. The Morgan fingerprint density at radius 3 is 2.88 bits per heavy atom. The van der Waals surface area contributed by atoms with Gasteiger partial charge in [-0.05, 0) is 18.6 Å². The van der Waals surface area contributed by atoms with Crippen LogP contribution in [0.3, 0.4) is 0 Å². The Hall–Kier alpha value is -1.000. The van der Waals surface area contributed by atoms with Crippen molar-refractivity contribution in [3.05, 3.63) is 28.8 Å². The molecule has 0 radical (unpaired) electrons. The fourth-order valence-electron chi connectivity index (χ4n) is 2.74. The average Bonchev–Trinajstić information content (AvgIpc) is 2.85. The second-order valence-corrected chi connectivity index (χ2v) is 8.58. The van der Waals surface area contributed by atoms with Crippen LogP contribution in [0.4, 0.5) is 0 Å². The van der Waals surface area contributed by atoms with Gasteiger partial charge in [0.2, 0.25) is 5.91 Å². The SMILES string of the molecule is CC(=O)NS(=O)(=O)c1cc(C2(O)CSC3=NCCCN32)ccc1Cl.Cl. The highest BCUT2D eigenvalue weighted by Gasteiger charge is 2.45. The number of aliphatic imine (C=N–C) groups is 1. The third-order valence-electron chi connectivity index (χ3n) is 3.83. The molecule has 1 amide bonds. The molecule has 0 saturated carbocycles. The van der Waals surface area contributed by atoms with Crippen LogP contribution in [-0.2, 0) is 20.5 Å². The van der Waals surface area contributed by atoms with E-state index < -0.39 is 21.7 Å². The van der Waals surface area contributed by atoms with Crippen LogP contribution in [0, 0.1) is 0 Å². The van der Waals surface area contributed by atoms with Gasteiger partial charge in [0.1, 0.15) is 4.90 Å². The molecule has 0 aromatic heterocycles. The van der Waals surface area contributed by atoms with Crippen molar-refractivity contribution in [2.45, 2.75) is 24.0 Å². The quantitative estimate of drug-likeness (QED) is 0.761. The van der Waals surface area contributed by atoms with Gasteiger partial charge in [0, 0.05) is 25.6 Å². The summed E-state index contributed by atoms with van der Waals surface area (Å²) in [7, 11) is -4.10. The first-order chi connectivity index (χ1) is 11.2. The van der Waals surface area contributed by atoms with E-state index in [1.165, 1.54) is 23.9 Å². The molecule has 11 heteroatoms. The molecule has 1 atom stereocenters. The molecule has 3 rings (SSSR count). The summed E-state index contributed by atoms with van der Waals surface area (Å²) in [6.07, 6.45) is 0.816. The van der Waals surface area contributed by atoms with Crippen LogP contribution in [0.2, 0.25) is 5.02 Å². The lowest BCUT2D eigenvalue weighted by Gasteiger charge is -2.36. The minimum atomic E-state index is -4.10. The van der Waals surface area contributed by atoms with Crippen molar-refractivity contribution in [1.82, 2.24) is 9.62 Å². The highest BCUT2D eigenvalue weighted by Crippen LogP contribution is 2.41. The van der Waals surface area contributed by atoms with Crippen molar-refractivity contribution in [1.29, 1.82) is 0 Å². The second-order valence-electron chi connectivity index (χ2n) is 5.58. The molecule has 7 nitrogen and oxygen atoms in total. The highest BCUT2D eigenvalue weighted by atomic mass is 35.5. The normalized spacial score (nSPS) is 22.7. The smallest absolute Gasteiger partial charge is 0.265 e. The molecule has 1 saturated heterocycles. The molecule has 1 fully saturated rings. The zero-order chi connectivity index (χ0) is 17.5. The van der Waals surface area contributed by atoms with Crippen LogP contribution in [0.5, 0.6) is 0 Å². The topological polar surface area (TPSA) is 99.1 Å². The number of fused-ring (bicyclic) bond motifs is 1. The first kappa shape index (κ1) is 20.3. The number of hydrogen-bond donors (Lipinski definition) is 2. The summed E-state index contributed by atoms with van der Waals surface area (Å²) in [5.41, 5.74) is -0.954. The molecular weight excluding hydrogens is 409 g/mol. The number of thioether (sulfide) groups is 1. The summed E-state index contributed by atoms with van der Waals surface area (Å²) in [5.74, 6) is -0.371. The Labute approximate surface area is 161 Å². The van der Waals surface area contributed by atoms with E-state index in [2.05, 4.69) is 4.99 Å². The van der Waals surface area contributed by atoms with Gasteiger partial charge in [0.25, 0.3) is 10.0 Å². The minimum Gasteiger partial charge on any atom is -0.366 e. The fraction of sp³-hybridized carbons (Fsp3) is 0.429. The molecule has 1 aromatic carbocycles. The maximum Gasteiger partial charge on any atom is 0.265 e. The van der Waals surface area contributed by atoms with E-state index in [0.29, 0.717) is 17.9 Å². The molecule has 0 aliphatic carbocycles. The number of benzene rings is 1. The van der Waals surface area contributed by atoms with Gasteiger partial charge in [-0.25, -0.2) is 13.1 Å². The monoisotopic (exact) mass is 425 g/mol. The van der Waals surface area contributed by atoms with Gasteiger partial charge in [0.05, 0.1) is 10.8 Å². The zero-order valence-corrected chi connectivity index (χ0v) is 16.4. The van der Waals surface area contributed by atoms with Gasteiger partial charge in [-0.2, -0.15) is 0 Å². The van der Waals surface area contributed by atoms with Crippen molar-refractivity contribution >= 4 is 56.9 Å². The van der Waals surface area contributed by atoms with E-state index in [-0.39, 0.29) is 22.3 Å². The van der Waals surface area contributed by atoms with Crippen LogP contribution >= 0.6 is 35.8 Å². The number of amidine groups is 1. The first-order valence-corrected chi connectivity index (χ1v) is 10.1. The summed E-state index contributed by atoms with van der Waals surface area (Å²) in [6.45, 7) is 2.46. The standard InChI is InChI=1S/C14H16ClN3O4S2.ClH/c1-9(19)17-24(21,22)12-7-10(3-4-11(12)15)14(20)8-23-13-16-5-2-6-18(13)14;/h3-4,7,20H,2,5-6,8H2,1H3,(H,17,19);1H. The molecule has 2 aliphatic heterocycles.